The van der Waals surface area contributed by atoms with E-state index in [1.807, 2.05) is 0 Å². The average Bonchev–Trinajstić information content (AvgIpc) is 2.17. The number of hydrogen-bond acceptors (Lipinski definition) is 0. The van der Waals surface area contributed by atoms with Crippen molar-refractivity contribution >= 4 is 0 Å². The van der Waals surface area contributed by atoms with Crippen molar-refractivity contribution in [3.8, 4) is 0 Å². The second-order valence-corrected chi connectivity index (χ2v) is 2.47. The van der Waals surface area contributed by atoms with Gasteiger partial charge in [0.1, 0.15) is 0 Å². The van der Waals surface area contributed by atoms with E-state index >= 15 is 0 Å². The van der Waals surface area contributed by atoms with Gasteiger partial charge in [-0.2, -0.15) is 0 Å². The van der Waals surface area contributed by atoms with E-state index in [4.69, 9.17) is 0 Å². The Morgan fingerprint density at radius 3 is 0.909 bits per heavy atom. The van der Waals surface area contributed by atoms with Crippen LogP contribution in [0.3, 0.4) is 0 Å². The minimum atomic E-state index is 0. The standard InChI is InChI=1S/C5H10.C3H8.2CH3.Ni/c1-2-4-5-3-1;1-3-2;;;/h1-5H2;3H2,1-2H3;2*1H3;/q;;2*-1;+2. The Hall–Kier alpha value is 0.494. The van der Waals surface area contributed by atoms with Crippen LogP contribution in [0.5, 0.6) is 0 Å². The van der Waals surface area contributed by atoms with Crippen LogP contribution in [-0.2, 0) is 16.5 Å². The Morgan fingerprint density at radius 1 is 0.727 bits per heavy atom. The van der Waals surface area contributed by atoms with Gasteiger partial charge in [0, 0.05) is 0 Å². The molecule has 0 aromatic heterocycles. The molecule has 0 heterocycles. The molecule has 0 saturated heterocycles. The average molecular weight is 203 g/mol. The van der Waals surface area contributed by atoms with Crippen molar-refractivity contribution in [2.45, 2.75) is 52.4 Å². The molecule has 0 amide bonds. The van der Waals surface area contributed by atoms with Crippen LogP contribution in [0.2, 0.25) is 0 Å². The van der Waals surface area contributed by atoms with Gasteiger partial charge in [0.2, 0.25) is 0 Å². The maximum Gasteiger partial charge on any atom is 2.00 e. The van der Waals surface area contributed by atoms with Gasteiger partial charge in [-0.15, -0.1) is 0 Å². The monoisotopic (exact) mass is 202 g/mol. The van der Waals surface area contributed by atoms with Crippen LogP contribution in [0.25, 0.3) is 0 Å². The van der Waals surface area contributed by atoms with Gasteiger partial charge in [0.05, 0.1) is 0 Å². The zero-order chi connectivity index (χ0) is 6.24. The summed E-state index contributed by atoms with van der Waals surface area (Å²) in [7, 11) is 0. The Labute approximate surface area is 84.1 Å². The predicted octanol–water partition coefficient (Wildman–Crippen LogP) is 4.26. The fourth-order valence-corrected chi connectivity index (χ4v) is 0.884. The maximum atomic E-state index is 2.12. The molecule has 0 nitrogen and oxygen atoms in total. The zero-order valence-electron chi connectivity index (χ0n) is 8.56. The summed E-state index contributed by atoms with van der Waals surface area (Å²) in [6, 6.07) is 0. The summed E-state index contributed by atoms with van der Waals surface area (Å²) in [5, 5.41) is 0. The summed E-state index contributed by atoms with van der Waals surface area (Å²) >= 11 is 0. The van der Waals surface area contributed by atoms with Gasteiger partial charge in [-0.25, -0.2) is 0 Å². The molecule has 0 N–H and O–H groups in total. The molecule has 0 aromatic carbocycles. The van der Waals surface area contributed by atoms with E-state index in [0.717, 1.165) is 0 Å². The Kier molecular flexibility index (Phi) is 46.0. The third kappa shape index (κ3) is 25.1. The van der Waals surface area contributed by atoms with E-state index in [1.54, 1.807) is 0 Å². The van der Waals surface area contributed by atoms with Crippen LogP contribution in [0, 0.1) is 14.9 Å². The van der Waals surface area contributed by atoms with E-state index < -0.39 is 0 Å². The molecule has 1 fully saturated rings. The van der Waals surface area contributed by atoms with Crippen LogP contribution in [-0.4, -0.2) is 0 Å². The van der Waals surface area contributed by atoms with Crippen LogP contribution in [0.4, 0.5) is 0 Å². The van der Waals surface area contributed by atoms with Crippen molar-refractivity contribution in [1.82, 2.24) is 0 Å². The second kappa shape index (κ2) is 22.4. The van der Waals surface area contributed by atoms with Crippen molar-refractivity contribution < 1.29 is 16.5 Å². The molecule has 0 spiro atoms. The number of rotatable bonds is 0. The first kappa shape index (κ1) is 22.5. The first-order chi connectivity index (χ1) is 3.91. The first-order valence-corrected chi connectivity index (χ1v) is 3.91. The Balaban J connectivity index is -0.0000000379. The third-order valence-electron chi connectivity index (χ3n) is 1.25. The number of hydrogen-bond donors (Lipinski definition) is 0. The van der Waals surface area contributed by atoms with E-state index in [9.17, 15) is 0 Å². The van der Waals surface area contributed by atoms with Gasteiger partial charge in [-0.1, -0.05) is 52.4 Å². The summed E-state index contributed by atoms with van der Waals surface area (Å²) < 4.78 is 0. The van der Waals surface area contributed by atoms with Gasteiger partial charge >= 0.3 is 16.5 Å². The molecule has 0 unspecified atom stereocenters. The maximum absolute atomic E-state index is 2.12. The second-order valence-electron chi connectivity index (χ2n) is 2.47. The smallest absolute Gasteiger partial charge is 0.358 e. The normalized spacial score (nSPS) is 12.5. The molecule has 0 aliphatic heterocycles. The molecule has 0 aromatic rings. The predicted molar refractivity (Wildman–Crippen MR) is 51.9 cm³/mol. The van der Waals surface area contributed by atoms with Gasteiger partial charge < -0.3 is 14.9 Å². The van der Waals surface area contributed by atoms with Crippen LogP contribution in [0.15, 0.2) is 0 Å². The Bertz CT molecular complexity index is 24.2. The molecule has 74 valence electrons. The molecule has 1 aliphatic carbocycles. The van der Waals surface area contributed by atoms with Crippen molar-refractivity contribution in [3.05, 3.63) is 14.9 Å². The first-order valence-electron chi connectivity index (χ1n) is 3.91. The minimum Gasteiger partial charge on any atom is -0.358 e. The Morgan fingerprint density at radius 2 is 0.818 bits per heavy atom. The van der Waals surface area contributed by atoms with E-state index in [0.29, 0.717) is 0 Å². The molecule has 1 heteroatoms. The molecule has 1 saturated carbocycles. The van der Waals surface area contributed by atoms with Crippen molar-refractivity contribution in [3.63, 3.8) is 0 Å². The van der Waals surface area contributed by atoms with Crippen molar-refractivity contribution in [2.24, 2.45) is 0 Å². The topological polar surface area (TPSA) is 0 Å². The molecule has 1 rings (SSSR count). The van der Waals surface area contributed by atoms with Gasteiger partial charge in [0.25, 0.3) is 0 Å². The fraction of sp³-hybridized carbons (Fsp3) is 0.800. The summed E-state index contributed by atoms with van der Waals surface area (Å²) in [5.74, 6) is 0. The van der Waals surface area contributed by atoms with Crippen LogP contribution in [0.1, 0.15) is 52.4 Å². The molecule has 0 bridgehead atoms. The molecule has 0 radical (unpaired) electrons. The molecule has 11 heavy (non-hydrogen) atoms. The summed E-state index contributed by atoms with van der Waals surface area (Å²) in [6.07, 6.45) is 8.75. The van der Waals surface area contributed by atoms with Crippen LogP contribution < -0.4 is 0 Å². The van der Waals surface area contributed by atoms with Crippen molar-refractivity contribution in [2.75, 3.05) is 0 Å². The largest absolute Gasteiger partial charge is 2.00 e. The summed E-state index contributed by atoms with van der Waals surface area (Å²) in [5.41, 5.74) is 0. The molecular weight excluding hydrogens is 179 g/mol. The fourth-order valence-electron chi connectivity index (χ4n) is 0.884. The van der Waals surface area contributed by atoms with Crippen molar-refractivity contribution in [1.29, 1.82) is 0 Å². The third-order valence-corrected chi connectivity index (χ3v) is 1.25. The van der Waals surface area contributed by atoms with E-state index in [2.05, 4.69) is 13.8 Å². The van der Waals surface area contributed by atoms with Crippen LogP contribution >= 0.6 is 0 Å². The SMILES string of the molecule is C1CCCC1.CCC.[CH3-].[CH3-].[Ni+2]. The van der Waals surface area contributed by atoms with Gasteiger partial charge in [-0.3, -0.25) is 0 Å². The van der Waals surface area contributed by atoms with Gasteiger partial charge in [0.15, 0.2) is 0 Å². The summed E-state index contributed by atoms with van der Waals surface area (Å²) in [6.45, 7) is 4.25. The quantitative estimate of drug-likeness (QED) is 0.407. The van der Waals surface area contributed by atoms with E-state index in [-0.39, 0.29) is 31.3 Å². The van der Waals surface area contributed by atoms with E-state index in [1.165, 1.54) is 38.5 Å². The van der Waals surface area contributed by atoms with Gasteiger partial charge in [-0.05, 0) is 0 Å². The molecule has 0 atom stereocenters. The molecular formula is C10H24Ni. The summed E-state index contributed by atoms with van der Waals surface area (Å²) in [4.78, 5) is 0. The minimum absolute atomic E-state index is 0. The molecule has 1 aliphatic rings. The zero-order valence-corrected chi connectivity index (χ0v) is 9.55.